The van der Waals surface area contributed by atoms with Crippen molar-refractivity contribution in [3.63, 3.8) is 0 Å². The van der Waals surface area contributed by atoms with Gasteiger partial charge in [0.25, 0.3) is 0 Å². The summed E-state index contributed by atoms with van der Waals surface area (Å²) < 4.78 is 0. The number of hydrogen-bond donors (Lipinski definition) is 0. The smallest absolute Gasteiger partial charge is 0.120 e. The first-order valence-corrected chi connectivity index (χ1v) is 4.84. The standard InChI is InChI=1S/C10H16O/c11-5-1-2-9-6-8-3-4-10(9)7-8/h5,8-10H,1-4,6-7H2. The summed E-state index contributed by atoms with van der Waals surface area (Å²) in [5, 5.41) is 0. The first-order chi connectivity index (χ1) is 5.40. The summed E-state index contributed by atoms with van der Waals surface area (Å²) in [5.41, 5.74) is 0. The highest BCUT2D eigenvalue weighted by Gasteiger charge is 2.38. The van der Waals surface area contributed by atoms with Crippen molar-refractivity contribution in [2.75, 3.05) is 0 Å². The first kappa shape index (κ1) is 7.33. The van der Waals surface area contributed by atoms with Crippen LogP contribution in [0, 0.1) is 17.8 Å². The molecule has 1 heteroatoms. The third-order valence-corrected chi connectivity index (χ3v) is 3.54. The van der Waals surface area contributed by atoms with Crippen LogP contribution in [0.15, 0.2) is 0 Å². The van der Waals surface area contributed by atoms with E-state index in [0.29, 0.717) is 0 Å². The van der Waals surface area contributed by atoms with E-state index in [1.54, 1.807) is 0 Å². The lowest BCUT2D eigenvalue weighted by Crippen LogP contribution is -2.10. The van der Waals surface area contributed by atoms with Gasteiger partial charge in [0.2, 0.25) is 0 Å². The van der Waals surface area contributed by atoms with E-state index in [4.69, 9.17) is 0 Å². The molecule has 0 amide bonds. The highest BCUT2D eigenvalue weighted by atomic mass is 16.1. The zero-order chi connectivity index (χ0) is 7.68. The van der Waals surface area contributed by atoms with Crippen LogP contribution in [0.2, 0.25) is 0 Å². The van der Waals surface area contributed by atoms with Gasteiger partial charge in [-0.15, -0.1) is 0 Å². The lowest BCUT2D eigenvalue weighted by atomic mass is 9.86. The average molecular weight is 152 g/mol. The summed E-state index contributed by atoms with van der Waals surface area (Å²) in [7, 11) is 0. The summed E-state index contributed by atoms with van der Waals surface area (Å²) in [5.74, 6) is 2.95. The Morgan fingerprint density at radius 2 is 2.18 bits per heavy atom. The van der Waals surface area contributed by atoms with Crippen molar-refractivity contribution in [3.05, 3.63) is 0 Å². The molecule has 0 N–H and O–H groups in total. The summed E-state index contributed by atoms with van der Waals surface area (Å²) in [6.07, 6.45) is 8.88. The highest BCUT2D eigenvalue weighted by Crippen LogP contribution is 2.49. The second-order valence-corrected chi connectivity index (χ2v) is 4.18. The Balaban J connectivity index is 1.83. The molecule has 2 saturated carbocycles. The number of aldehydes is 1. The molecule has 0 aromatic rings. The molecule has 2 rings (SSSR count). The van der Waals surface area contributed by atoms with Crippen LogP contribution in [-0.2, 0) is 4.79 Å². The fourth-order valence-electron chi connectivity index (χ4n) is 3.01. The maximum atomic E-state index is 10.2. The fourth-order valence-corrected chi connectivity index (χ4v) is 3.01. The van der Waals surface area contributed by atoms with E-state index in [1.807, 2.05) is 0 Å². The van der Waals surface area contributed by atoms with Gasteiger partial charge < -0.3 is 4.79 Å². The molecule has 0 aromatic carbocycles. The van der Waals surface area contributed by atoms with E-state index in [9.17, 15) is 4.79 Å². The number of rotatable bonds is 3. The minimum atomic E-state index is 0.799. The zero-order valence-corrected chi connectivity index (χ0v) is 6.96. The quantitative estimate of drug-likeness (QED) is 0.567. The second-order valence-electron chi connectivity index (χ2n) is 4.18. The van der Waals surface area contributed by atoms with E-state index in [0.717, 1.165) is 30.5 Å². The van der Waals surface area contributed by atoms with Crippen molar-refractivity contribution in [1.29, 1.82) is 0 Å². The Morgan fingerprint density at radius 3 is 2.73 bits per heavy atom. The van der Waals surface area contributed by atoms with Crippen molar-refractivity contribution in [2.45, 2.75) is 38.5 Å². The third kappa shape index (κ3) is 1.33. The van der Waals surface area contributed by atoms with Gasteiger partial charge in [0.15, 0.2) is 0 Å². The molecule has 0 radical (unpaired) electrons. The molecule has 0 aliphatic heterocycles. The van der Waals surface area contributed by atoms with E-state index < -0.39 is 0 Å². The molecule has 0 heterocycles. The largest absolute Gasteiger partial charge is 0.303 e. The van der Waals surface area contributed by atoms with Crippen LogP contribution in [0.4, 0.5) is 0 Å². The zero-order valence-electron chi connectivity index (χ0n) is 6.96. The van der Waals surface area contributed by atoms with Gasteiger partial charge in [-0.3, -0.25) is 0 Å². The average Bonchev–Trinajstić information content (AvgIpc) is 2.60. The maximum Gasteiger partial charge on any atom is 0.120 e. The normalized spacial score (nSPS) is 41.3. The van der Waals surface area contributed by atoms with Crippen LogP contribution in [-0.4, -0.2) is 6.29 Å². The number of carbonyl (C=O) groups is 1. The lowest BCUT2D eigenvalue weighted by molar-refractivity contribution is -0.108. The number of carbonyl (C=O) groups excluding carboxylic acids is 1. The van der Waals surface area contributed by atoms with Crippen molar-refractivity contribution in [1.82, 2.24) is 0 Å². The fraction of sp³-hybridized carbons (Fsp3) is 0.900. The maximum absolute atomic E-state index is 10.2. The van der Waals surface area contributed by atoms with Crippen molar-refractivity contribution < 1.29 is 4.79 Å². The van der Waals surface area contributed by atoms with Crippen molar-refractivity contribution in [2.24, 2.45) is 17.8 Å². The molecule has 3 atom stereocenters. The Hall–Kier alpha value is -0.330. The first-order valence-electron chi connectivity index (χ1n) is 4.84. The predicted octanol–water partition coefficient (Wildman–Crippen LogP) is 2.40. The van der Waals surface area contributed by atoms with Gasteiger partial charge in [-0.1, -0.05) is 6.42 Å². The summed E-state index contributed by atoms with van der Waals surface area (Å²) in [4.78, 5) is 10.2. The molecule has 2 aliphatic carbocycles. The van der Waals surface area contributed by atoms with Crippen LogP contribution in [0.5, 0.6) is 0 Å². The van der Waals surface area contributed by atoms with Crippen molar-refractivity contribution >= 4 is 6.29 Å². The molecular formula is C10H16O. The molecule has 2 fully saturated rings. The van der Waals surface area contributed by atoms with Crippen LogP contribution in [0.3, 0.4) is 0 Å². The minimum absolute atomic E-state index is 0.799. The van der Waals surface area contributed by atoms with Crippen molar-refractivity contribution in [3.8, 4) is 0 Å². The molecule has 2 bridgehead atoms. The summed E-state index contributed by atoms with van der Waals surface area (Å²) >= 11 is 0. The van der Waals surface area contributed by atoms with E-state index in [2.05, 4.69) is 0 Å². The molecular weight excluding hydrogens is 136 g/mol. The molecule has 2 aliphatic rings. The van der Waals surface area contributed by atoms with Gasteiger partial charge in [-0.05, 0) is 43.4 Å². The number of fused-ring (bicyclic) bond motifs is 2. The van der Waals surface area contributed by atoms with Crippen LogP contribution in [0.1, 0.15) is 38.5 Å². The van der Waals surface area contributed by atoms with Crippen LogP contribution >= 0.6 is 0 Å². The minimum Gasteiger partial charge on any atom is -0.303 e. The summed E-state index contributed by atoms with van der Waals surface area (Å²) in [6.45, 7) is 0. The van der Waals surface area contributed by atoms with Gasteiger partial charge >= 0.3 is 0 Å². The molecule has 1 nitrogen and oxygen atoms in total. The molecule has 3 unspecified atom stereocenters. The van der Waals surface area contributed by atoms with E-state index in [-0.39, 0.29) is 0 Å². The Labute approximate surface area is 68.2 Å². The Bertz CT molecular complexity index is 153. The highest BCUT2D eigenvalue weighted by molar-refractivity contribution is 5.49. The van der Waals surface area contributed by atoms with Gasteiger partial charge in [0.05, 0.1) is 0 Å². The number of hydrogen-bond acceptors (Lipinski definition) is 1. The molecule has 0 spiro atoms. The summed E-state index contributed by atoms with van der Waals surface area (Å²) in [6, 6.07) is 0. The second kappa shape index (κ2) is 2.96. The SMILES string of the molecule is O=CCCC1CC2CCC1C2. The molecule has 0 saturated heterocycles. The topological polar surface area (TPSA) is 17.1 Å². The molecule has 11 heavy (non-hydrogen) atoms. The Kier molecular flexibility index (Phi) is 1.97. The molecule has 62 valence electrons. The predicted molar refractivity (Wildman–Crippen MR) is 44.2 cm³/mol. The third-order valence-electron chi connectivity index (χ3n) is 3.54. The van der Waals surface area contributed by atoms with Gasteiger partial charge in [0, 0.05) is 6.42 Å². The Morgan fingerprint density at radius 1 is 1.27 bits per heavy atom. The van der Waals surface area contributed by atoms with E-state index >= 15 is 0 Å². The lowest BCUT2D eigenvalue weighted by Gasteiger charge is -2.20. The van der Waals surface area contributed by atoms with Gasteiger partial charge in [0.1, 0.15) is 6.29 Å². The van der Waals surface area contributed by atoms with Gasteiger partial charge in [-0.2, -0.15) is 0 Å². The van der Waals surface area contributed by atoms with E-state index in [1.165, 1.54) is 32.1 Å². The monoisotopic (exact) mass is 152 g/mol. The van der Waals surface area contributed by atoms with Gasteiger partial charge in [-0.25, -0.2) is 0 Å². The van der Waals surface area contributed by atoms with Crippen LogP contribution < -0.4 is 0 Å². The van der Waals surface area contributed by atoms with Crippen LogP contribution in [0.25, 0.3) is 0 Å². The molecule has 0 aromatic heterocycles.